The summed E-state index contributed by atoms with van der Waals surface area (Å²) >= 11 is 0. The van der Waals surface area contributed by atoms with Gasteiger partial charge in [-0.3, -0.25) is 9.88 Å². The number of pyridine rings is 1. The third kappa shape index (κ3) is 6.51. The number of aromatic nitrogens is 5. The van der Waals surface area contributed by atoms with E-state index < -0.39 is 0 Å². The average molecular weight is 571 g/mol. The highest BCUT2D eigenvalue weighted by molar-refractivity contribution is 5.90. The average Bonchev–Trinajstić information content (AvgIpc) is 3.46. The molecule has 6 rings (SSSR count). The molecule has 2 aliphatic rings. The van der Waals surface area contributed by atoms with Gasteiger partial charge in [-0.15, -0.1) is 0 Å². The Labute approximate surface area is 245 Å². The highest BCUT2D eigenvalue weighted by Gasteiger charge is 2.26. The summed E-state index contributed by atoms with van der Waals surface area (Å²) in [4.78, 5) is 31.3. The van der Waals surface area contributed by atoms with Crippen LogP contribution in [-0.2, 0) is 11.3 Å². The van der Waals surface area contributed by atoms with Gasteiger partial charge >= 0.3 is 6.03 Å². The lowest BCUT2D eigenvalue weighted by Gasteiger charge is -2.32. The molecule has 0 spiro atoms. The number of piperidine rings is 1. The number of amides is 2. The van der Waals surface area contributed by atoms with Gasteiger partial charge in [0.2, 0.25) is 0 Å². The van der Waals surface area contributed by atoms with Gasteiger partial charge in [0.25, 0.3) is 0 Å². The number of anilines is 2. The van der Waals surface area contributed by atoms with Crippen molar-refractivity contribution in [1.29, 1.82) is 0 Å². The molecule has 0 saturated carbocycles. The minimum Gasteiger partial charge on any atom is -0.378 e. The standard InChI is InChI=1S/C30H38N10O2/c1-31-11-12-33-30(41)35-24-6-4-23(5-7-24)27-36-28(39-15-17-42-18-16-39)26-20-34-40(29(26)37-27)25-8-13-38(14-9-25)21-22-3-2-10-32-19-22/h2-7,10,19-20,25,31H,8-9,11-18,21H2,1H3,(H2,33,35,41). The lowest BCUT2D eigenvalue weighted by molar-refractivity contribution is 0.122. The molecule has 3 N–H and O–H groups in total. The summed E-state index contributed by atoms with van der Waals surface area (Å²) in [5, 5.41) is 14.5. The predicted molar refractivity (Wildman–Crippen MR) is 163 cm³/mol. The number of nitrogens with one attached hydrogen (secondary N) is 3. The van der Waals surface area contributed by atoms with Gasteiger partial charge < -0.3 is 25.6 Å². The van der Waals surface area contributed by atoms with Crippen LogP contribution in [0.4, 0.5) is 16.3 Å². The Kier molecular flexibility index (Phi) is 8.83. The van der Waals surface area contributed by atoms with E-state index >= 15 is 0 Å². The number of fused-ring (bicyclic) bond motifs is 1. The van der Waals surface area contributed by atoms with Crippen LogP contribution in [0.2, 0.25) is 0 Å². The molecule has 2 amide bonds. The van der Waals surface area contributed by atoms with Crippen molar-refractivity contribution in [3.05, 3.63) is 60.6 Å². The molecule has 2 fully saturated rings. The van der Waals surface area contributed by atoms with Crippen LogP contribution in [-0.4, -0.2) is 95.2 Å². The molecule has 5 heterocycles. The first kappa shape index (κ1) is 28.0. The first-order valence-electron chi connectivity index (χ1n) is 14.7. The third-order valence-electron chi connectivity index (χ3n) is 7.84. The van der Waals surface area contributed by atoms with Crippen LogP contribution < -0.4 is 20.9 Å². The topological polar surface area (TPSA) is 125 Å². The molecule has 12 heteroatoms. The molecule has 220 valence electrons. The van der Waals surface area contributed by atoms with Crippen LogP contribution in [0.3, 0.4) is 0 Å². The molecule has 0 atom stereocenters. The summed E-state index contributed by atoms with van der Waals surface area (Å²) in [7, 11) is 1.85. The maximum atomic E-state index is 12.2. The zero-order valence-corrected chi connectivity index (χ0v) is 24.0. The smallest absolute Gasteiger partial charge is 0.319 e. The molecule has 0 bridgehead atoms. The Hall–Kier alpha value is -4.13. The van der Waals surface area contributed by atoms with Crippen molar-refractivity contribution >= 4 is 28.6 Å². The second-order valence-electron chi connectivity index (χ2n) is 10.7. The summed E-state index contributed by atoms with van der Waals surface area (Å²) in [6.07, 6.45) is 7.68. The third-order valence-corrected chi connectivity index (χ3v) is 7.84. The van der Waals surface area contributed by atoms with Gasteiger partial charge in [0.05, 0.1) is 30.8 Å². The van der Waals surface area contributed by atoms with Crippen molar-refractivity contribution in [1.82, 2.24) is 40.3 Å². The number of nitrogens with zero attached hydrogens (tertiary/aromatic N) is 7. The van der Waals surface area contributed by atoms with E-state index in [1.807, 2.05) is 56.0 Å². The molecule has 42 heavy (non-hydrogen) atoms. The predicted octanol–water partition coefficient (Wildman–Crippen LogP) is 2.90. The number of hydrogen-bond acceptors (Lipinski definition) is 9. The van der Waals surface area contributed by atoms with Crippen molar-refractivity contribution < 1.29 is 9.53 Å². The van der Waals surface area contributed by atoms with Gasteiger partial charge in [-0.05, 0) is 55.8 Å². The zero-order valence-electron chi connectivity index (χ0n) is 24.0. The fourth-order valence-electron chi connectivity index (χ4n) is 5.57. The minimum atomic E-state index is -0.236. The number of benzene rings is 1. The van der Waals surface area contributed by atoms with Crippen LogP contribution in [0.5, 0.6) is 0 Å². The molecule has 3 aromatic heterocycles. The number of likely N-dealkylation sites (N-methyl/N-ethyl adjacent to an activating group) is 1. The quantitative estimate of drug-likeness (QED) is 0.261. The Bertz CT molecular complexity index is 1460. The first-order valence-corrected chi connectivity index (χ1v) is 14.7. The van der Waals surface area contributed by atoms with Crippen LogP contribution in [0.15, 0.2) is 55.0 Å². The van der Waals surface area contributed by atoms with Crippen LogP contribution in [0, 0.1) is 0 Å². The van der Waals surface area contributed by atoms with E-state index in [9.17, 15) is 4.79 Å². The minimum absolute atomic E-state index is 0.236. The van der Waals surface area contributed by atoms with Gasteiger partial charge in [0.15, 0.2) is 11.5 Å². The first-order chi connectivity index (χ1) is 20.7. The van der Waals surface area contributed by atoms with Crippen molar-refractivity contribution in [2.24, 2.45) is 0 Å². The van der Waals surface area contributed by atoms with E-state index in [-0.39, 0.29) is 12.1 Å². The van der Waals surface area contributed by atoms with Crippen molar-refractivity contribution in [2.75, 3.05) is 69.7 Å². The number of likely N-dealkylation sites (tertiary alicyclic amines) is 1. The van der Waals surface area contributed by atoms with Crippen molar-refractivity contribution in [3.63, 3.8) is 0 Å². The normalized spacial score (nSPS) is 16.5. The van der Waals surface area contributed by atoms with E-state index in [2.05, 4.69) is 41.5 Å². The summed E-state index contributed by atoms with van der Waals surface area (Å²) in [5.41, 5.74) is 3.69. The van der Waals surface area contributed by atoms with Gasteiger partial charge in [0.1, 0.15) is 5.82 Å². The molecular weight excluding hydrogens is 532 g/mol. The zero-order chi connectivity index (χ0) is 28.7. The second kappa shape index (κ2) is 13.2. The van der Waals surface area contributed by atoms with Crippen LogP contribution in [0.1, 0.15) is 24.4 Å². The highest BCUT2D eigenvalue weighted by Crippen LogP contribution is 2.32. The van der Waals surface area contributed by atoms with Crippen molar-refractivity contribution in [2.45, 2.75) is 25.4 Å². The number of ether oxygens (including phenoxy) is 1. The molecule has 2 saturated heterocycles. The second-order valence-corrected chi connectivity index (χ2v) is 10.7. The van der Waals surface area contributed by atoms with Crippen LogP contribution >= 0.6 is 0 Å². The number of carbonyl (C=O) groups is 1. The molecule has 0 radical (unpaired) electrons. The molecule has 12 nitrogen and oxygen atoms in total. The van der Waals surface area contributed by atoms with E-state index in [1.54, 1.807) is 0 Å². The summed E-state index contributed by atoms with van der Waals surface area (Å²) in [6.45, 7) is 7.04. The largest absolute Gasteiger partial charge is 0.378 e. The lowest BCUT2D eigenvalue weighted by Crippen LogP contribution is -2.37. The number of urea groups is 1. The fraction of sp³-hybridized carbons (Fsp3) is 0.433. The Balaban J connectivity index is 1.24. The van der Waals surface area contributed by atoms with Gasteiger partial charge in [-0.25, -0.2) is 19.4 Å². The summed E-state index contributed by atoms with van der Waals surface area (Å²) in [6, 6.07) is 11.8. The number of morpholine rings is 1. The number of carbonyl (C=O) groups excluding carboxylic acids is 1. The van der Waals surface area contributed by atoms with Gasteiger partial charge in [-0.2, -0.15) is 5.10 Å². The molecule has 0 aliphatic carbocycles. The Morgan fingerprint density at radius 1 is 1.00 bits per heavy atom. The summed E-state index contributed by atoms with van der Waals surface area (Å²) < 4.78 is 7.73. The van der Waals surface area contributed by atoms with E-state index in [4.69, 9.17) is 19.8 Å². The van der Waals surface area contributed by atoms with E-state index in [1.165, 1.54) is 5.56 Å². The molecular formula is C30H38N10O2. The highest BCUT2D eigenvalue weighted by atomic mass is 16.5. The Morgan fingerprint density at radius 3 is 2.55 bits per heavy atom. The maximum Gasteiger partial charge on any atom is 0.319 e. The lowest BCUT2D eigenvalue weighted by atomic mass is 10.0. The fourth-order valence-corrected chi connectivity index (χ4v) is 5.57. The molecule has 4 aromatic rings. The molecule has 0 unspecified atom stereocenters. The SMILES string of the molecule is CNCCNC(=O)Nc1ccc(-c2nc(N3CCOCC3)c3cnn(C4CCN(Cc5cccnc5)CC4)c3n2)cc1. The molecule has 1 aromatic carbocycles. The van der Waals surface area contributed by atoms with Gasteiger partial charge in [-0.1, -0.05) is 6.07 Å². The monoisotopic (exact) mass is 570 g/mol. The van der Waals surface area contributed by atoms with E-state index in [0.717, 1.165) is 68.0 Å². The number of rotatable bonds is 9. The van der Waals surface area contributed by atoms with E-state index in [0.29, 0.717) is 37.8 Å². The Morgan fingerprint density at radius 2 is 1.81 bits per heavy atom. The number of hydrogen-bond donors (Lipinski definition) is 3. The van der Waals surface area contributed by atoms with Gasteiger partial charge in [0, 0.05) is 69.5 Å². The van der Waals surface area contributed by atoms with Crippen molar-refractivity contribution in [3.8, 4) is 11.4 Å². The van der Waals surface area contributed by atoms with Crippen LogP contribution in [0.25, 0.3) is 22.4 Å². The maximum absolute atomic E-state index is 12.2. The summed E-state index contributed by atoms with van der Waals surface area (Å²) in [5.74, 6) is 1.54. The molecule has 2 aliphatic heterocycles.